The summed E-state index contributed by atoms with van der Waals surface area (Å²) in [6.45, 7) is 6.48. The molecule has 0 fully saturated rings. The molecule has 0 spiro atoms. The van der Waals surface area contributed by atoms with Crippen molar-refractivity contribution in [1.82, 2.24) is 4.68 Å². The second-order valence-electron chi connectivity index (χ2n) is 5.45. The van der Waals surface area contributed by atoms with Crippen molar-refractivity contribution in [1.29, 1.82) is 0 Å². The van der Waals surface area contributed by atoms with Crippen LogP contribution in [0.2, 0.25) is 0 Å². The predicted octanol–water partition coefficient (Wildman–Crippen LogP) is 4.65. The first-order chi connectivity index (χ1) is 12.2. The minimum atomic E-state index is 0.584. The SMILES string of the molecule is C=C(C)CN=c1scc(-c2ccccc2OC)n1N=Cc1cccs1. The van der Waals surface area contributed by atoms with Gasteiger partial charge in [-0.3, -0.25) is 4.99 Å². The zero-order valence-corrected chi connectivity index (χ0v) is 15.8. The number of thiophene rings is 1. The van der Waals surface area contributed by atoms with E-state index in [0.717, 1.165) is 32.3 Å². The Balaban J connectivity index is 2.12. The molecule has 0 saturated carbocycles. The summed E-state index contributed by atoms with van der Waals surface area (Å²) >= 11 is 3.21. The van der Waals surface area contributed by atoms with Gasteiger partial charge in [-0.15, -0.1) is 22.7 Å². The first kappa shape index (κ1) is 17.4. The molecule has 0 aliphatic rings. The van der Waals surface area contributed by atoms with E-state index in [0.29, 0.717) is 6.54 Å². The second kappa shape index (κ2) is 8.09. The average Bonchev–Trinajstić information content (AvgIpc) is 3.27. The van der Waals surface area contributed by atoms with Gasteiger partial charge in [0.25, 0.3) is 0 Å². The molecule has 0 bridgehead atoms. The van der Waals surface area contributed by atoms with E-state index >= 15 is 0 Å². The normalized spacial score (nSPS) is 12.0. The molecule has 0 aliphatic heterocycles. The van der Waals surface area contributed by atoms with Crippen LogP contribution in [0.1, 0.15) is 11.8 Å². The molecular weight excluding hydrogens is 350 g/mol. The van der Waals surface area contributed by atoms with Crippen molar-refractivity contribution in [3.8, 4) is 17.0 Å². The fourth-order valence-corrected chi connectivity index (χ4v) is 3.65. The highest BCUT2D eigenvalue weighted by atomic mass is 32.1. The number of hydrogen-bond donors (Lipinski definition) is 0. The molecule has 0 N–H and O–H groups in total. The van der Waals surface area contributed by atoms with E-state index in [9.17, 15) is 0 Å². The van der Waals surface area contributed by atoms with Crippen molar-refractivity contribution in [3.63, 3.8) is 0 Å². The van der Waals surface area contributed by atoms with E-state index in [-0.39, 0.29) is 0 Å². The maximum Gasteiger partial charge on any atom is 0.206 e. The molecule has 0 radical (unpaired) electrons. The van der Waals surface area contributed by atoms with Crippen LogP contribution < -0.4 is 9.54 Å². The van der Waals surface area contributed by atoms with Gasteiger partial charge in [-0.2, -0.15) is 5.10 Å². The van der Waals surface area contributed by atoms with Crippen LogP contribution in [0.3, 0.4) is 0 Å². The van der Waals surface area contributed by atoms with Crippen molar-refractivity contribution < 1.29 is 4.74 Å². The summed E-state index contributed by atoms with van der Waals surface area (Å²) in [6.07, 6.45) is 1.86. The predicted molar refractivity (Wildman–Crippen MR) is 107 cm³/mol. The van der Waals surface area contributed by atoms with Gasteiger partial charge in [0, 0.05) is 15.8 Å². The monoisotopic (exact) mass is 369 g/mol. The summed E-state index contributed by atoms with van der Waals surface area (Å²) in [5, 5.41) is 8.76. The molecule has 2 aromatic heterocycles. The highest BCUT2D eigenvalue weighted by molar-refractivity contribution is 7.11. The lowest BCUT2D eigenvalue weighted by Gasteiger charge is -2.08. The van der Waals surface area contributed by atoms with Gasteiger partial charge in [0.15, 0.2) is 0 Å². The van der Waals surface area contributed by atoms with Crippen LogP contribution in [0.4, 0.5) is 0 Å². The largest absolute Gasteiger partial charge is 0.496 e. The van der Waals surface area contributed by atoms with E-state index in [4.69, 9.17) is 4.74 Å². The zero-order valence-electron chi connectivity index (χ0n) is 14.2. The molecule has 6 heteroatoms. The Hall–Kier alpha value is -2.44. The standard InChI is InChI=1S/C19H19N3OS2/c1-14(2)11-20-19-22(21-12-15-7-6-10-24-15)17(13-25-19)16-8-4-5-9-18(16)23-3/h4-10,12-13H,1,11H2,2-3H3. The average molecular weight is 370 g/mol. The van der Waals surface area contributed by atoms with Crippen LogP contribution in [0.25, 0.3) is 11.3 Å². The number of para-hydroxylation sites is 1. The van der Waals surface area contributed by atoms with Crippen molar-refractivity contribution >= 4 is 28.9 Å². The van der Waals surface area contributed by atoms with Crippen molar-refractivity contribution in [2.75, 3.05) is 13.7 Å². The van der Waals surface area contributed by atoms with E-state index in [1.165, 1.54) is 0 Å². The molecule has 3 rings (SSSR count). The van der Waals surface area contributed by atoms with Crippen LogP contribution in [-0.2, 0) is 0 Å². The summed E-state index contributed by atoms with van der Waals surface area (Å²) < 4.78 is 7.38. The summed E-state index contributed by atoms with van der Waals surface area (Å²) in [6, 6.07) is 12.0. The molecule has 3 aromatic rings. The van der Waals surface area contributed by atoms with Gasteiger partial charge in [0.2, 0.25) is 4.80 Å². The lowest BCUT2D eigenvalue weighted by molar-refractivity contribution is 0.416. The molecule has 1 aromatic carbocycles. The van der Waals surface area contributed by atoms with Crippen molar-refractivity contribution in [3.05, 3.63) is 69.0 Å². The number of nitrogens with zero attached hydrogens (tertiary/aromatic N) is 3. The second-order valence-corrected chi connectivity index (χ2v) is 7.26. The Bertz CT molecular complexity index is 949. The van der Waals surface area contributed by atoms with Crippen LogP contribution in [0.15, 0.2) is 69.4 Å². The van der Waals surface area contributed by atoms with E-state index in [2.05, 4.69) is 22.1 Å². The fraction of sp³-hybridized carbons (Fsp3) is 0.158. The number of ether oxygens (including phenoxy) is 1. The Morgan fingerprint density at radius 3 is 2.80 bits per heavy atom. The molecule has 4 nitrogen and oxygen atoms in total. The Morgan fingerprint density at radius 2 is 2.08 bits per heavy atom. The number of hydrogen-bond acceptors (Lipinski definition) is 5. The molecule has 0 aliphatic carbocycles. The molecule has 0 amide bonds. The van der Waals surface area contributed by atoms with Gasteiger partial charge in [0.05, 0.1) is 25.6 Å². The number of aromatic nitrogens is 1. The third-order valence-corrected chi connectivity index (χ3v) is 5.06. The molecule has 2 heterocycles. The molecule has 25 heavy (non-hydrogen) atoms. The van der Waals surface area contributed by atoms with Gasteiger partial charge in [0.1, 0.15) is 5.75 Å². The Morgan fingerprint density at radius 1 is 1.24 bits per heavy atom. The minimum absolute atomic E-state index is 0.584. The van der Waals surface area contributed by atoms with Gasteiger partial charge in [-0.05, 0) is 30.5 Å². The van der Waals surface area contributed by atoms with Crippen LogP contribution >= 0.6 is 22.7 Å². The lowest BCUT2D eigenvalue weighted by atomic mass is 10.1. The van der Waals surface area contributed by atoms with Gasteiger partial charge < -0.3 is 4.74 Å². The van der Waals surface area contributed by atoms with Gasteiger partial charge >= 0.3 is 0 Å². The van der Waals surface area contributed by atoms with E-state index in [1.54, 1.807) is 29.8 Å². The van der Waals surface area contributed by atoms with Gasteiger partial charge in [-0.25, -0.2) is 4.68 Å². The van der Waals surface area contributed by atoms with Crippen LogP contribution in [0, 0.1) is 0 Å². The molecule has 0 saturated heterocycles. The quantitative estimate of drug-likeness (QED) is 0.461. The van der Waals surface area contributed by atoms with E-state index < -0.39 is 0 Å². The summed E-state index contributed by atoms with van der Waals surface area (Å²) in [4.78, 5) is 6.56. The first-order valence-electron chi connectivity index (χ1n) is 7.75. The highest BCUT2D eigenvalue weighted by Crippen LogP contribution is 2.29. The maximum atomic E-state index is 5.51. The molecule has 128 valence electrons. The topological polar surface area (TPSA) is 38.9 Å². The smallest absolute Gasteiger partial charge is 0.206 e. The molecule has 0 atom stereocenters. The number of rotatable bonds is 6. The highest BCUT2D eigenvalue weighted by Gasteiger charge is 2.11. The van der Waals surface area contributed by atoms with E-state index in [1.807, 2.05) is 59.6 Å². The van der Waals surface area contributed by atoms with Crippen LogP contribution in [-0.4, -0.2) is 24.5 Å². The first-order valence-corrected chi connectivity index (χ1v) is 9.51. The lowest BCUT2D eigenvalue weighted by Crippen LogP contribution is -2.13. The Kier molecular flexibility index (Phi) is 5.63. The third kappa shape index (κ3) is 4.15. The minimum Gasteiger partial charge on any atom is -0.496 e. The van der Waals surface area contributed by atoms with Crippen LogP contribution in [0.5, 0.6) is 5.75 Å². The number of benzene rings is 1. The molecular formula is C19H19N3OS2. The maximum absolute atomic E-state index is 5.51. The third-order valence-electron chi connectivity index (χ3n) is 3.40. The summed E-state index contributed by atoms with van der Waals surface area (Å²) in [5.74, 6) is 0.812. The Labute approximate surface area is 155 Å². The number of methoxy groups -OCH3 is 1. The van der Waals surface area contributed by atoms with Gasteiger partial charge in [-0.1, -0.05) is 30.4 Å². The van der Waals surface area contributed by atoms with Crippen molar-refractivity contribution in [2.24, 2.45) is 10.1 Å². The summed E-state index contributed by atoms with van der Waals surface area (Å²) in [7, 11) is 1.68. The zero-order chi connectivity index (χ0) is 17.6. The fourth-order valence-electron chi connectivity index (χ4n) is 2.24. The summed E-state index contributed by atoms with van der Waals surface area (Å²) in [5.41, 5.74) is 2.96. The number of thiazole rings is 1. The molecule has 0 unspecified atom stereocenters. The van der Waals surface area contributed by atoms with Crippen molar-refractivity contribution in [2.45, 2.75) is 6.92 Å².